The number of aryl methyl sites for hydroxylation is 2. The van der Waals surface area contributed by atoms with Gasteiger partial charge in [0.05, 0.1) is 18.8 Å². The molecule has 71 heavy (non-hydrogen) atoms. The zero-order valence-corrected chi connectivity index (χ0v) is 49.6. The summed E-state index contributed by atoms with van der Waals surface area (Å²) in [6, 6.07) is 16.0. The summed E-state index contributed by atoms with van der Waals surface area (Å²) in [7, 11) is 0. The molecule has 0 saturated heterocycles. The minimum atomic E-state index is 0.0985. The number of hydrogen-bond acceptors (Lipinski definition) is 5. The summed E-state index contributed by atoms with van der Waals surface area (Å²) in [5.74, 6) is 0. The Kier molecular flexibility index (Phi) is 19.5. The van der Waals surface area contributed by atoms with Crippen molar-refractivity contribution in [3.8, 4) is 20.9 Å². The van der Waals surface area contributed by atoms with Crippen LogP contribution in [0.5, 0.6) is 0 Å². The molecule has 0 N–H and O–H groups in total. The number of benzene rings is 2. The summed E-state index contributed by atoms with van der Waals surface area (Å²) in [6.07, 6.45) is 46.0. The van der Waals surface area contributed by atoms with Crippen molar-refractivity contribution in [3.63, 3.8) is 0 Å². The molecule has 7 aromatic rings. The predicted molar refractivity (Wildman–Crippen MR) is 327 cm³/mol. The summed E-state index contributed by atoms with van der Waals surface area (Å²) in [5.41, 5.74) is 10.3. The lowest BCUT2D eigenvalue weighted by atomic mass is 9.70. The average Bonchev–Trinajstić information content (AvgIpc) is 4.25. The van der Waals surface area contributed by atoms with Gasteiger partial charge in [0.2, 0.25) is 0 Å². The van der Waals surface area contributed by atoms with E-state index < -0.39 is 0 Å². The van der Waals surface area contributed by atoms with Gasteiger partial charge in [0.15, 0.2) is 0 Å². The van der Waals surface area contributed by atoms with E-state index in [2.05, 4.69) is 135 Å². The van der Waals surface area contributed by atoms with E-state index in [1.165, 1.54) is 218 Å². The molecule has 0 radical (unpaired) electrons. The molecule has 5 heterocycles. The standard InChI is InChI=1S/C66H92S5/c1-7-13-19-21-23-25-27-29-31-33-35-47-45-53-59(67-47)57-61(69-53)55-49-37-40-52-56(50(49)38-39-51(55)65(57,41-15-9-3)42-16-10-4)62-58(66(52,43-17-11-5)44-18-12-6)63-64(71-62)60-54(70-63)46-48(68-60)36-34-32-30-28-26-24-22-20-14-8-2/h37-40,45-46H,7-36,41-44H2,1-6H3. The van der Waals surface area contributed by atoms with Gasteiger partial charge in [-0.25, -0.2) is 0 Å². The maximum absolute atomic E-state index is 2.70. The quantitative estimate of drug-likeness (QED) is 0.0353. The maximum atomic E-state index is 2.70. The van der Waals surface area contributed by atoms with Crippen molar-refractivity contribution in [2.75, 3.05) is 0 Å². The van der Waals surface area contributed by atoms with Gasteiger partial charge in [-0.1, -0.05) is 233 Å². The lowest BCUT2D eigenvalue weighted by molar-refractivity contribution is 0.417. The number of unbranched alkanes of at least 4 members (excludes halogenated alkanes) is 22. The fourth-order valence-corrected chi connectivity index (χ4v) is 21.1. The zero-order chi connectivity index (χ0) is 49.2. The van der Waals surface area contributed by atoms with Crippen molar-refractivity contribution >= 4 is 95.7 Å². The van der Waals surface area contributed by atoms with Crippen molar-refractivity contribution in [1.82, 2.24) is 0 Å². The van der Waals surface area contributed by atoms with Crippen molar-refractivity contribution in [2.24, 2.45) is 0 Å². The van der Waals surface area contributed by atoms with Crippen molar-refractivity contribution in [1.29, 1.82) is 0 Å². The van der Waals surface area contributed by atoms with Crippen molar-refractivity contribution in [3.05, 3.63) is 68.4 Å². The Balaban J connectivity index is 1.06. The van der Waals surface area contributed by atoms with Crippen molar-refractivity contribution < 1.29 is 0 Å². The molecule has 0 amide bonds. The van der Waals surface area contributed by atoms with Crippen LogP contribution in [0.15, 0.2) is 36.4 Å². The third-order valence-corrected chi connectivity index (χ3v) is 23.9. The Morgan fingerprint density at radius 3 is 1.13 bits per heavy atom. The van der Waals surface area contributed by atoms with Crippen LogP contribution in [-0.4, -0.2) is 0 Å². The van der Waals surface area contributed by atoms with Crippen molar-refractivity contribution in [2.45, 2.75) is 271 Å². The van der Waals surface area contributed by atoms with Crippen LogP contribution in [0, 0.1) is 0 Å². The molecule has 0 bridgehead atoms. The molecule has 2 aliphatic rings. The van der Waals surface area contributed by atoms with E-state index in [4.69, 9.17) is 0 Å². The van der Waals surface area contributed by atoms with E-state index in [1.54, 1.807) is 91.9 Å². The Labute approximate surface area is 452 Å². The van der Waals surface area contributed by atoms with Gasteiger partial charge in [0, 0.05) is 50.9 Å². The van der Waals surface area contributed by atoms with E-state index in [0.29, 0.717) is 0 Å². The molecule has 0 nitrogen and oxygen atoms in total. The average molecular weight is 1050 g/mol. The molecule has 0 atom stereocenters. The van der Waals surface area contributed by atoms with Gasteiger partial charge in [0.25, 0.3) is 0 Å². The highest BCUT2D eigenvalue weighted by atomic mass is 32.1. The Morgan fingerprint density at radius 1 is 0.324 bits per heavy atom. The molecule has 2 aliphatic carbocycles. The van der Waals surface area contributed by atoms with Crippen LogP contribution >= 0.6 is 56.7 Å². The Hall–Kier alpha value is -2.02. The molecule has 0 fully saturated rings. The molecule has 0 aliphatic heterocycles. The number of fused-ring (bicyclic) bond motifs is 15. The molecule has 0 saturated carbocycles. The molecule has 5 heteroatoms. The minimum Gasteiger partial charge on any atom is -0.139 e. The molecular formula is C66H92S5. The number of thiophene rings is 5. The predicted octanol–water partition coefficient (Wildman–Crippen LogP) is 24.8. The smallest absolute Gasteiger partial charge is 0.0639 e. The highest BCUT2D eigenvalue weighted by Gasteiger charge is 2.49. The van der Waals surface area contributed by atoms with Crippen LogP contribution in [0.4, 0.5) is 0 Å². The first-order valence-corrected chi connectivity index (χ1v) is 34.2. The second-order valence-electron chi connectivity index (χ2n) is 22.7. The van der Waals surface area contributed by atoms with Crippen LogP contribution in [0.3, 0.4) is 0 Å². The maximum Gasteiger partial charge on any atom is 0.0639 e. The molecule has 386 valence electrons. The Morgan fingerprint density at radius 2 is 0.690 bits per heavy atom. The molecule has 0 spiro atoms. The molecule has 9 rings (SSSR count). The van der Waals surface area contributed by atoms with E-state index in [0.717, 1.165) is 0 Å². The second-order valence-corrected chi connectivity index (χ2v) is 28.1. The third-order valence-electron chi connectivity index (χ3n) is 17.5. The molecule has 5 aromatic heterocycles. The summed E-state index contributed by atoms with van der Waals surface area (Å²) < 4.78 is 9.64. The third kappa shape index (κ3) is 11.0. The second kappa shape index (κ2) is 25.7. The lowest BCUT2D eigenvalue weighted by Crippen LogP contribution is -2.25. The van der Waals surface area contributed by atoms with Crippen LogP contribution in [0.2, 0.25) is 0 Å². The van der Waals surface area contributed by atoms with Gasteiger partial charge in [-0.2, -0.15) is 0 Å². The Bertz CT molecular complexity index is 2760. The van der Waals surface area contributed by atoms with Crippen LogP contribution in [-0.2, 0) is 23.7 Å². The first-order chi connectivity index (χ1) is 35.0. The molecule has 2 aromatic carbocycles. The number of hydrogen-bond donors (Lipinski definition) is 0. The van der Waals surface area contributed by atoms with Crippen LogP contribution < -0.4 is 0 Å². The first-order valence-electron chi connectivity index (χ1n) is 30.1. The fraction of sp³-hybridized carbons (Fsp3) is 0.636. The fourth-order valence-electron chi connectivity index (χ4n) is 13.6. The normalized spacial score (nSPS) is 14.5. The lowest BCUT2D eigenvalue weighted by Gasteiger charge is -2.33. The minimum absolute atomic E-state index is 0.0985. The van der Waals surface area contributed by atoms with Crippen LogP contribution in [0.25, 0.3) is 59.9 Å². The van der Waals surface area contributed by atoms with Gasteiger partial charge in [-0.05, 0) is 96.5 Å². The highest BCUT2D eigenvalue weighted by Crippen LogP contribution is 2.66. The van der Waals surface area contributed by atoms with Gasteiger partial charge in [-0.3, -0.25) is 0 Å². The monoisotopic (exact) mass is 1040 g/mol. The van der Waals surface area contributed by atoms with E-state index in [1.807, 2.05) is 0 Å². The first kappa shape index (κ1) is 53.8. The summed E-state index contributed by atoms with van der Waals surface area (Å²) in [4.78, 5) is 6.53. The van der Waals surface area contributed by atoms with E-state index in [9.17, 15) is 0 Å². The molecule has 0 unspecified atom stereocenters. The van der Waals surface area contributed by atoms with Gasteiger partial charge in [0.1, 0.15) is 0 Å². The summed E-state index contributed by atoms with van der Waals surface area (Å²) in [6.45, 7) is 14.3. The SMILES string of the molecule is CCCCCCCCCCCCc1cc2sc3c(c2s1)C(CCCC)(CCCC)c1ccc2c4c(ccc2c1-3)C(CCCC)(CCCC)c1c-4sc2c1sc1cc(CCCCCCCCCCCC)sc12. The number of rotatable bonds is 34. The van der Waals surface area contributed by atoms with Crippen LogP contribution in [0.1, 0.15) is 279 Å². The summed E-state index contributed by atoms with van der Waals surface area (Å²) >= 11 is 10.9. The zero-order valence-electron chi connectivity index (χ0n) is 45.5. The van der Waals surface area contributed by atoms with E-state index >= 15 is 0 Å². The van der Waals surface area contributed by atoms with Gasteiger partial charge in [-0.15, -0.1) is 56.7 Å². The topological polar surface area (TPSA) is 0 Å². The van der Waals surface area contributed by atoms with Gasteiger partial charge >= 0.3 is 0 Å². The highest BCUT2D eigenvalue weighted by molar-refractivity contribution is 7.39. The van der Waals surface area contributed by atoms with Gasteiger partial charge < -0.3 is 0 Å². The molecular weight excluding hydrogens is 953 g/mol. The van der Waals surface area contributed by atoms with E-state index in [-0.39, 0.29) is 10.8 Å². The largest absolute Gasteiger partial charge is 0.139 e. The summed E-state index contributed by atoms with van der Waals surface area (Å²) in [5, 5.41) is 3.09.